The Kier molecular flexibility index (Phi) is 4.94. The van der Waals surface area contributed by atoms with Crippen LogP contribution in [-0.2, 0) is 11.3 Å². The number of H-pyrrole nitrogens is 1. The van der Waals surface area contributed by atoms with Crippen molar-refractivity contribution < 1.29 is 9.53 Å². The SMILES string of the molecule is CCN(CC1CCCO1)C(=O)c1cc(Cn2c(C)nc3ccccc32)[nH]n1. The van der Waals surface area contributed by atoms with Gasteiger partial charge in [0, 0.05) is 19.7 Å². The van der Waals surface area contributed by atoms with E-state index in [1.165, 1.54) is 0 Å². The van der Waals surface area contributed by atoms with Crippen LogP contribution in [0.2, 0.25) is 0 Å². The fourth-order valence-electron chi connectivity index (χ4n) is 3.67. The van der Waals surface area contributed by atoms with E-state index in [9.17, 15) is 4.79 Å². The number of carbonyl (C=O) groups excluding carboxylic acids is 1. The van der Waals surface area contributed by atoms with Crippen LogP contribution in [0.5, 0.6) is 0 Å². The highest BCUT2D eigenvalue weighted by atomic mass is 16.5. The molecule has 1 N–H and O–H groups in total. The van der Waals surface area contributed by atoms with Gasteiger partial charge in [-0.05, 0) is 44.9 Å². The van der Waals surface area contributed by atoms with E-state index in [4.69, 9.17) is 4.74 Å². The zero-order valence-electron chi connectivity index (χ0n) is 15.8. The lowest BCUT2D eigenvalue weighted by molar-refractivity contribution is 0.0535. The van der Waals surface area contributed by atoms with Crippen molar-refractivity contribution in [1.82, 2.24) is 24.6 Å². The molecule has 1 saturated heterocycles. The lowest BCUT2D eigenvalue weighted by Gasteiger charge is -2.23. The molecule has 0 spiro atoms. The van der Waals surface area contributed by atoms with Gasteiger partial charge in [0.05, 0.1) is 29.4 Å². The van der Waals surface area contributed by atoms with Crippen molar-refractivity contribution in [2.24, 2.45) is 0 Å². The number of ether oxygens (including phenoxy) is 1. The number of aromatic amines is 1. The first-order valence-corrected chi connectivity index (χ1v) is 9.52. The van der Waals surface area contributed by atoms with Gasteiger partial charge in [-0.15, -0.1) is 0 Å². The molecule has 3 aromatic rings. The average molecular weight is 367 g/mol. The molecule has 1 amide bonds. The van der Waals surface area contributed by atoms with Gasteiger partial charge in [-0.25, -0.2) is 4.98 Å². The standard InChI is InChI=1S/C20H25N5O2/c1-3-24(13-16-7-6-10-27-16)20(26)18-11-15(22-23-18)12-25-14(2)21-17-8-4-5-9-19(17)25/h4-5,8-9,11,16H,3,6-7,10,12-13H2,1-2H3,(H,22,23). The van der Waals surface area contributed by atoms with Crippen LogP contribution in [-0.4, -0.2) is 56.4 Å². The molecule has 0 bridgehead atoms. The Morgan fingerprint density at radius 1 is 1.41 bits per heavy atom. The lowest BCUT2D eigenvalue weighted by atomic mass is 10.2. The van der Waals surface area contributed by atoms with E-state index in [-0.39, 0.29) is 12.0 Å². The van der Waals surface area contributed by atoms with E-state index >= 15 is 0 Å². The van der Waals surface area contributed by atoms with Gasteiger partial charge >= 0.3 is 0 Å². The minimum absolute atomic E-state index is 0.0530. The molecule has 142 valence electrons. The summed E-state index contributed by atoms with van der Waals surface area (Å²) in [6.07, 6.45) is 2.23. The molecular formula is C20H25N5O2. The molecule has 4 rings (SSSR count). The second kappa shape index (κ2) is 7.52. The van der Waals surface area contributed by atoms with Crippen LogP contribution in [0.1, 0.15) is 41.8 Å². The van der Waals surface area contributed by atoms with Gasteiger partial charge in [0.15, 0.2) is 0 Å². The zero-order chi connectivity index (χ0) is 18.8. The Morgan fingerprint density at radius 2 is 2.26 bits per heavy atom. The first kappa shape index (κ1) is 17.7. The number of carbonyl (C=O) groups is 1. The normalized spacial score (nSPS) is 16.9. The summed E-state index contributed by atoms with van der Waals surface area (Å²) < 4.78 is 7.79. The van der Waals surface area contributed by atoms with Crippen molar-refractivity contribution in [3.63, 3.8) is 0 Å². The maximum Gasteiger partial charge on any atom is 0.274 e. The highest BCUT2D eigenvalue weighted by Crippen LogP contribution is 2.18. The van der Waals surface area contributed by atoms with Crippen LogP contribution in [0, 0.1) is 6.92 Å². The molecular weight excluding hydrogens is 342 g/mol. The summed E-state index contributed by atoms with van der Waals surface area (Å²) in [7, 11) is 0. The Morgan fingerprint density at radius 3 is 3.04 bits per heavy atom. The zero-order valence-corrected chi connectivity index (χ0v) is 15.8. The first-order valence-electron chi connectivity index (χ1n) is 9.52. The summed E-state index contributed by atoms with van der Waals surface area (Å²) >= 11 is 0. The van der Waals surface area contributed by atoms with Crippen LogP contribution in [0.25, 0.3) is 11.0 Å². The van der Waals surface area contributed by atoms with E-state index in [1.54, 1.807) is 0 Å². The molecule has 0 saturated carbocycles. The summed E-state index contributed by atoms with van der Waals surface area (Å²) in [5.74, 6) is 0.884. The fraction of sp³-hybridized carbons (Fsp3) is 0.450. The molecule has 1 aromatic carbocycles. The predicted molar refractivity (Wildman–Crippen MR) is 103 cm³/mol. The van der Waals surface area contributed by atoms with Crippen LogP contribution in [0.3, 0.4) is 0 Å². The maximum atomic E-state index is 12.8. The highest BCUT2D eigenvalue weighted by molar-refractivity contribution is 5.92. The van der Waals surface area contributed by atoms with Crippen molar-refractivity contribution in [1.29, 1.82) is 0 Å². The molecule has 1 aliphatic heterocycles. The van der Waals surface area contributed by atoms with Crippen LogP contribution < -0.4 is 0 Å². The van der Waals surface area contributed by atoms with Crippen molar-refractivity contribution in [3.8, 4) is 0 Å². The van der Waals surface area contributed by atoms with Crippen LogP contribution in [0.15, 0.2) is 30.3 Å². The number of para-hydroxylation sites is 2. The number of rotatable bonds is 6. The summed E-state index contributed by atoms with van der Waals surface area (Å²) in [6, 6.07) is 9.89. The largest absolute Gasteiger partial charge is 0.376 e. The van der Waals surface area contributed by atoms with E-state index in [2.05, 4.69) is 25.8 Å². The molecule has 27 heavy (non-hydrogen) atoms. The van der Waals surface area contributed by atoms with E-state index in [0.717, 1.165) is 42.0 Å². The van der Waals surface area contributed by atoms with Gasteiger partial charge in [-0.2, -0.15) is 5.10 Å². The second-order valence-corrected chi connectivity index (χ2v) is 6.99. The third-order valence-corrected chi connectivity index (χ3v) is 5.14. The predicted octanol–water partition coefficient (Wildman–Crippen LogP) is 2.76. The van der Waals surface area contributed by atoms with E-state index in [0.29, 0.717) is 25.3 Å². The van der Waals surface area contributed by atoms with Crippen LogP contribution in [0.4, 0.5) is 0 Å². The number of nitrogens with zero attached hydrogens (tertiary/aromatic N) is 4. The number of hydrogen-bond acceptors (Lipinski definition) is 4. The molecule has 7 heteroatoms. The Balaban J connectivity index is 1.50. The van der Waals surface area contributed by atoms with E-state index in [1.807, 2.05) is 43.0 Å². The van der Waals surface area contributed by atoms with Crippen LogP contribution >= 0.6 is 0 Å². The van der Waals surface area contributed by atoms with E-state index < -0.39 is 0 Å². The number of fused-ring (bicyclic) bond motifs is 1. The summed E-state index contributed by atoms with van der Waals surface area (Å²) in [5.41, 5.74) is 3.38. The number of imidazole rings is 1. The second-order valence-electron chi connectivity index (χ2n) is 6.99. The number of hydrogen-bond donors (Lipinski definition) is 1. The smallest absolute Gasteiger partial charge is 0.274 e. The number of benzene rings is 1. The monoisotopic (exact) mass is 367 g/mol. The molecule has 7 nitrogen and oxygen atoms in total. The molecule has 1 aliphatic rings. The minimum Gasteiger partial charge on any atom is -0.376 e. The highest BCUT2D eigenvalue weighted by Gasteiger charge is 2.24. The number of nitrogens with one attached hydrogen (secondary N) is 1. The Bertz CT molecular complexity index is 939. The number of amides is 1. The van der Waals surface area contributed by atoms with Gasteiger partial charge in [-0.1, -0.05) is 12.1 Å². The fourth-order valence-corrected chi connectivity index (χ4v) is 3.67. The molecule has 0 radical (unpaired) electrons. The van der Waals surface area contributed by atoms with Gasteiger partial charge in [0.1, 0.15) is 11.5 Å². The third kappa shape index (κ3) is 3.60. The number of aromatic nitrogens is 4. The molecule has 1 unspecified atom stereocenters. The van der Waals surface area contributed by atoms with Gasteiger partial charge < -0.3 is 14.2 Å². The topological polar surface area (TPSA) is 76.0 Å². The average Bonchev–Trinajstić information content (AvgIpc) is 3.41. The van der Waals surface area contributed by atoms with Crippen molar-refractivity contribution >= 4 is 16.9 Å². The lowest BCUT2D eigenvalue weighted by Crippen LogP contribution is -2.37. The summed E-state index contributed by atoms with van der Waals surface area (Å²) in [4.78, 5) is 19.2. The molecule has 0 aliphatic carbocycles. The quantitative estimate of drug-likeness (QED) is 0.727. The van der Waals surface area contributed by atoms with Crippen molar-refractivity contribution in [2.75, 3.05) is 19.7 Å². The van der Waals surface area contributed by atoms with Gasteiger partial charge in [0.2, 0.25) is 0 Å². The third-order valence-electron chi connectivity index (χ3n) is 5.14. The Labute approximate surface area is 158 Å². The number of aryl methyl sites for hydroxylation is 1. The van der Waals surface area contributed by atoms with Gasteiger partial charge in [-0.3, -0.25) is 9.89 Å². The number of likely N-dealkylation sites (N-methyl/N-ethyl adjacent to an activating group) is 1. The summed E-state index contributed by atoms with van der Waals surface area (Å²) in [5, 5.41) is 7.27. The minimum atomic E-state index is -0.0530. The molecule has 3 heterocycles. The maximum absolute atomic E-state index is 12.8. The first-order chi connectivity index (χ1) is 13.2. The van der Waals surface area contributed by atoms with Crippen molar-refractivity contribution in [2.45, 2.75) is 39.3 Å². The Hall–Kier alpha value is -2.67. The van der Waals surface area contributed by atoms with Gasteiger partial charge in [0.25, 0.3) is 5.91 Å². The molecule has 1 atom stereocenters. The van der Waals surface area contributed by atoms with Crippen molar-refractivity contribution in [3.05, 3.63) is 47.5 Å². The molecule has 1 fully saturated rings. The molecule has 2 aromatic heterocycles. The summed E-state index contributed by atoms with van der Waals surface area (Å²) in [6.45, 7) is 6.64.